The van der Waals surface area contributed by atoms with Crippen LogP contribution in [0.4, 0.5) is 4.39 Å². The zero-order chi connectivity index (χ0) is 11.4. The van der Waals surface area contributed by atoms with E-state index in [4.69, 9.17) is 0 Å². The van der Waals surface area contributed by atoms with Gasteiger partial charge in [-0.25, -0.2) is 9.37 Å². The highest BCUT2D eigenvalue weighted by Crippen LogP contribution is 2.07. The molecule has 0 saturated carbocycles. The Kier molecular flexibility index (Phi) is 3.49. The lowest BCUT2D eigenvalue weighted by Crippen LogP contribution is -2.11. The van der Waals surface area contributed by atoms with Gasteiger partial charge in [-0.2, -0.15) is 4.99 Å². The molecule has 4 nitrogen and oxygen atoms in total. The maximum absolute atomic E-state index is 12.7. The van der Waals surface area contributed by atoms with E-state index in [-0.39, 0.29) is 5.69 Å². The van der Waals surface area contributed by atoms with Crippen LogP contribution in [0, 0.1) is 12.7 Å². The molecular formula is C10H12FN3O. The summed E-state index contributed by atoms with van der Waals surface area (Å²) >= 11 is 0. The molecule has 1 rings (SSSR count). The minimum atomic E-state index is -0.471. The number of amides is 1. The van der Waals surface area contributed by atoms with Crippen molar-refractivity contribution in [1.29, 1.82) is 0 Å². The van der Waals surface area contributed by atoms with Gasteiger partial charge in [-0.15, -0.1) is 0 Å². The van der Waals surface area contributed by atoms with Gasteiger partial charge < -0.3 is 4.90 Å². The van der Waals surface area contributed by atoms with Crippen LogP contribution in [0.3, 0.4) is 0 Å². The summed E-state index contributed by atoms with van der Waals surface area (Å²) in [5.41, 5.74) is 0.658. The molecule has 1 aromatic heterocycles. The Bertz CT molecular complexity index is 402. The Balaban J connectivity index is 2.92. The Labute approximate surface area is 87.5 Å². The Morgan fingerprint density at radius 3 is 2.80 bits per heavy atom. The third-order valence-electron chi connectivity index (χ3n) is 1.65. The molecule has 0 aliphatic heterocycles. The molecule has 15 heavy (non-hydrogen) atoms. The van der Waals surface area contributed by atoms with Gasteiger partial charge in [0.25, 0.3) is 5.91 Å². The van der Waals surface area contributed by atoms with Crippen molar-refractivity contribution in [2.45, 2.75) is 6.92 Å². The molecule has 0 spiro atoms. The predicted octanol–water partition coefficient (Wildman–Crippen LogP) is 1.26. The van der Waals surface area contributed by atoms with Gasteiger partial charge in [-0.05, 0) is 18.6 Å². The number of hydrogen-bond acceptors (Lipinski definition) is 2. The Morgan fingerprint density at radius 1 is 1.60 bits per heavy atom. The van der Waals surface area contributed by atoms with Crippen LogP contribution in [-0.4, -0.2) is 36.2 Å². The average Bonchev–Trinajstić information content (AvgIpc) is 2.14. The summed E-state index contributed by atoms with van der Waals surface area (Å²) in [6.07, 6.45) is 2.39. The van der Waals surface area contributed by atoms with Gasteiger partial charge in [0.15, 0.2) is 0 Å². The number of aromatic nitrogens is 1. The van der Waals surface area contributed by atoms with Crippen LogP contribution < -0.4 is 0 Å². The number of carbonyl (C=O) groups is 1. The molecule has 0 fully saturated rings. The Morgan fingerprint density at radius 2 is 2.27 bits per heavy atom. The largest absolute Gasteiger partial charge is 0.369 e. The van der Waals surface area contributed by atoms with Crippen molar-refractivity contribution in [1.82, 2.24) is 9.88 Å². The quantitative estimate of drug-likeness (QED) is 0.544. The number of rotatable bonds is 2. The summed E-state index contributed by atoms with van der Waals surface area (Å²) in [5, 5.41) is 0. The molecule has 0 aromatic carbocycles. The SMILES string of the molecule is Cc1cc(F)cnc1C(=O)N=CN(C)C. The van der Waals surface area contributed by atoms with E-state index in [0.29, 0.717) is 5.56 Å². The van der Waals surface area contributed by atoms with Gasteiger partial charge in [0, 0.05) is 14.1 Å². The number of aryl methyl sites for hydroxylation is 1. The number of nitrogens with zero attached hydrogens (tertiary/aromatic N) is 3. The van der Waals surface area contributed by atoms with Crippen molar-refractivity contribution in [3.63, 3.8) is 0 Å². The highest BCUT2D eigenvalue weighted by atomic mass is 19.1. The van der Waals surface area contributed by atoms with Crippen LogP contribution in [0.25, 0.3) is 0 Å². The number of pyridine rings is 1. The highest BCUT2D eigenvalue weighted by Gasteiger charge is 2.09. The van der Waals surface area contributed by atoms with Crippen molar-refractivity contribution >= 4 is 12.2 Å². The first-order chi connectivity index (χ1) is 7.00. The third kappa shape index (κ3) is 3.12. The first kappa shape index (κ1) is 11.3. The van der Waals surface area contributed by atoms with Crippen molar-refractivity contribution in [3.8, 4) is 0 Å². The number of carbonyl (C=O) groups excluding carboxylic acids is 1. The van der Waals surface area contributed by atoms with Crippen LogP contribution in [0.2, 0.25) is 0 Å². The van der Waals surface area contributed by atoms with Crippen molar-refractivity contribution in [2.75, 3.05) is 14.1 Å². The van der Waals surface area contributed by atoms with E-state index in [0.717, 1.165) is 6.20 Å². The lowest BCUT2D eigenvalue weighted by molar-refractivity contribution is 0.0997. The van der Waals surface area contributed by atoms with Crippen LogP contribution in [0.5, 0.6) is 0 Å². The fourth-order valence-electron chi connectivity index (χ4n) is 0.993. The fraction of sp³-hybridized carbons (Fsp3) is 0.300. The lowest BCUT2D eigenvalue weighted by Gasteiger charge is -2.03. The second kappa shape index (κ2) is 4.63. The number of hydrogen-bond donors (Lipinski definition) is 0. The first-order valence-corrected chi connectivity index (χ1v) is 4.38. The van der Waals surface area contributed by atoms with Gasteiger partial charge in [-0.3, -0.25) is 4.79 Å². The number of aliphatic imine (C=N–C) groups is 1. The second-order valence-corrected chi connectivity index (χ2v) is 3.33. The Hall–Kier alpha value is -1.78. The van der Waals surface area contributed by atoms with Crippen molar-refractivity contribution in [2.24, 2.45) is 4.99 Å². The van der Waals surface area contributed by atoms with Gasteiger partial charge >= 0.3 is 0 Å². The van der Waals surface area contributed by atoms with E-state index in [9.17, 15) is 9.18 Å². The standard InChI is InChI=1S/C10H12FN3O/c1-7-4-8(11)5-12-9(7)10(15)13-6-14(2)3/h4-6H,1-3H3. The molecule has 0 N–H and O–H groups in total. The molecule has 0 bridgehead atoms. The molecule has 1 aromatic rings. The minimum Gasteiger partial charge on any atom is -0.369 e. The van der Waals surface area contributed by atoms with E-state index in [1.54, 1.807) is 25.9 Å². The zero-order valence-corrected chi connectivity index (χ0v) is 8.86. The molecule has 0 unspecified atom stereocenters. The second-order valence-electron chi connectivity index (χ2n) is 3.33. The normalized spacial score (nSPS) is 10.7. The first-order valence-electron chi connectivity index (χ1n) is 4.38. The molecule has 1 heterocycles. The van der Waals surface area contributed by atoms with E-state index >= 15 is 0 Å². The molecule has 5 heteroatoms. The molecular weight excluding hydrogens is 197 g/mol. The van der Waals surface area contributed by atoms with Gasteiger partial charge in [0.1, 0.15) is 11.5 Å². The van der Waals surface area contributed by atoms with Crippen LogP contribution in [-0.2, 0) is 0 Å². The topological polar surface area (TPSA) is 45.6 Å². The van der Waals surface area contributed by atoms with Crippen molar-refractivity contribution in [3.05, 3.63) is 29.3 Å². The van der Waals surface area contributed by atoms with Gasteiger partial charge in [-0.1, -0.05) is 0 Å². The van der Waals surface area contributed by atoms with E-state index in [2.05, 4.69) is 9.98 Å². The van der Waals surface area contributed by atoms with Crippen molar-refractivity contribution < 1.29 is 9.18 Å². The zero-order valence-electron chi connectivity index (χ0n) is 8.86. The molecule has 80 valence electrons. The predicted molar refractivity (Wildman–Crippen MR) is 55.4 cm³/mol. The molecule has 0 saturated heterocycles. The van der Waals surface area contributed by atoms with E-state index in [1.807, 2.05) is 0 Å². The summed E-state index contributed by atoms with van der Waals surface area (Å²) in [5.74, 6) is -0.929. The number of halogens is 1. The highest BCUT2D eigenvalue weighted by molar-refractivity contribution is 5.98. The van der Waals surface area contributed by atoms with Gasteiger partial charge in [0.05, 0.1) is 12.5 Å². The summed E-state index contributed by atoms with van der Waals surface area (Å²) in [7, 11) is 3.50. The van der Waals surface area contributed by atoms with Crippen LogP contribution in [0.1, 0.15) is 16.1 Å². The fourth-order valence-corrected chi connectivity index (χ4v) is 0.993. The molecule has 0 atom stereocenters. The van der Waals surface area contributed by atoms with Gasteiger partial charge in [0.2, 0.25) is 0 Å². The maximum Gasteiger partial charge on any atom is 0.297 e. The monoisotopic (exact) mass is 209 g/mol. The molecule has 0 aliphatic rings. The molecule has 0 aliphatic carbocycles. The minimum absolute atomic E-state index is 0.175. The summed E-state index contributed by atoms with van der Waals surface area (Å²) in [4.78, 5) is 20.5. The van der Waals surface area contributed by atoms with Crippen LogP contribution >= 0.6 is 0 Å². The van der Waals surface area contributed by atoms with Crippen LogP contribution in [0.15, 0.2) is 17.3 Å². The smallest absolute Gasteiger partial charge is 0.297 e. The molecule has 1 amide bonds. The van der Waals surface area contributed by atoms with E-state index < -0.39 is 11.7 Å². The third-order valence-corrected chi connectivity index (χ3v) is 1.65. The lowest BCUT2D eigenvalue weighted by atomic mass is 10.2. The summed E-state index contributed by atoms with van der Waals surface area (Å²) in [6, 6.07) is 1.26. The maximum atomic E-state index is 12.7. The molecule has 0 radical (unpaired) electrons. The average molecular weight is 209 g/mol. The summed E-state index contributed by atoms with van der Waals surface area (Å²) in [6.45, 7) is 1.62. The summed E-state index contributed by atoms with van der Waals surface area (Å²) < 4.78 is 12.7. The van der Waals surface area contributed by atoms with E-state index in [1.165, 1.54) is 12.4 Å².